The lowest BCUT2D eigenvalue weighted by molar-refractivity contribution is -0.357. The smallest absolute Gasteiger partial charge is 0.512 e. The van der Waals surface area contributed by atoms with Crippen molar-refractivity contribution < 1.29 is 23.4 Å². The van der Waals surface area contributed by atoms with E-state index >= 15 is 0 Å². The fourth-order valence-corrected chi connectivity index (χ4v) is 5.31. The van der Waals surface area contributed by atoms with Gasteiger partial charge in [0, 0.05) is 36.8 Å². The Bertz CT molecular complexity index is 1200. The molecule has 1 aromatic carbocycles. The van der Waals surface area contributed by atoms with Crippen LogP contribution in [-0.4, -0.2) is 41.0 Å². The van der Waals surface area contributed by atoms with Crippen LogP contribution in [0.1, 0.15) is 43.3 Å². The molecule has 0 radical (unpaired) electrons. The van der Waals surface area contributed by atoms with Gasteiger partial charge in [-0.05, 0) is 51.3 Å². The highest BCUT2D eigenvalue weighted by molar-refractivity contribution is 6.64. The van der Waals surface area contributed by atoms with Crippen LogP contribution in [0.2, 0.25) is 6.82 Å². The molecule has 0 saturated heterocycles. The lowest BCUT2D eigenvalue weighted by Gasteiger charge is -2.41. The van der Waals surface area contributed by atoms with Crippen LogP contribution >= 0.6 is 0 Å². The number of esters is 1. The van der Waals surface area contributed by atoms with Crippen molar-refractivity contribution in [2.75, 3.05) is 13.7 Å². The zero-order valence-corrected chi connectivity index (χ0v) is 20.0. The second-order valence-corrected chi connectivity index (χ2v) is 8.84. The Hall–Kier alpha value is -3.06. The van der Waals surface area contributed by atoms with Crippen molar-refractivity contribution in [3.63, 3.8) is 0 Å². The molecule has 0 bridgehead atoms. The van der Waals surface area contributed by atoms with Gasteiger partial charge in [0.25, 0.3) is 0 Å². The molecule has 0 spiro atoms. The molecule has 0 fully saturated rings. The van der Waals surface area contributed by atoms with Crippen LogP contribution in [-0.2, 0) is 20.8 Å². The molecule has 0 amide bonds. The molecule has 2 aliphatic rings. The third-order valence-corrected chi connectivity index (χ3v) is 6.59. The van der Waals surface area contributed by atoms with Crippen LogP contribution in [0.4, 0.5) is 0 Å². The number of carbonyl (C=O) groups excluding carboxylic acids is 1. The third kappa shape index (κ3) is 3.41. The summed E-state index contributed by atoms with van der Waals surface area (Å²) in [6, 6.07) is 9.90. The minimum Gasteiger partial charge on any atom is -0.514 e. The van der Waals surface area contributed by atoms with Gasteiger partial charge in [0.05, 0.1) is 5.57 Å². The molecule has 6 nitrogen and oxygen atoms in total. The molecule has 2 aromatic rings. The number of aromatic nitrogens is 1. The van der Waals surface area contributed by atoms with Gasteiger partial charge in [-0.2, -0.15) is 0 Å². The van der Waals surface area contributed by atoms with E-state index in [9.17, 15) is 4.79 Å². The molecule has 1 unspecified atom stereocenters. The first-order valence-electron chi connectivity index (χ1n) is 11.0. The highest BCUT2D eigenvalue weighted by Crippen LogP contribution is 2.41. The second kappa shape index (κ2) is 8.13. The van der Waals surface area contributed by atoms with E-state index in [-0.39, 0.29) is 12.6 Å². The van der Waals surface area contributed by atoms with Crippen molar-refractivity contribution in [1.29, 1.82) is 0 Å². The number of hydrogen-bond donors (Lipinski definition) is 0. The number of aryl methyl sites for hydroxylation is 2. The van der Waals surface area contributed by atoms with Gasteiger partial charge in [0.1, 0.15) is 24.7 Å². The molecule has 32 heavy (non-hydrogen) atoms. The summed E-state index contributed by atoms with van der Waals surface area (Å²) in [5.41, 5.74) is 8.98. The average molecular weight is 434 g/mol. The Balaban J connectivity index is 1.81. The zero-order chi connectivity index (χ0) is 23.2. The molecule has 7 heteroatoms. The molecule has 2 aliphatic heterocycles. The van der Waals surface area contributed by atoms with Gasteiger partial charge in [-0.25, -0.2) is 0 Å². The number of ether oxygens (including phenoxy) is 2. The first-order chi connectivity index (χ1) is 15.2. The zero-order valence-electron chi connectivity index (χ0n) is 20.0. The van der Waals surface area contributed by atoms with Crippen LogP contribution in [0.5, 0.6) is 5.75 Å². The van der Waals surface area contributed by atoms with E-state index in [1.54, 1.807) is 7.11 Å². The molecule has 4 rings (SSSR count). The number of para-hydroxylation sites is 1. The summed E-state index contributed by atoms with van der Waals surface area (Å²) >= 11 is 0. The van der Waals surface area contributed by atoms with Crippen LogP contribution in [0.15, 0.2) is 47.7 Å². The van der Waals surface area contributed by atoms with Crippen molar-refractivity contribution in [2.24, 2.45) is 0 Å². The van der Waals surface area contributed by atoms with Crippen molar-refractivity contribution in [1.82, 2.24) is 4.48 Å². The van der Waals surface area contributed by atoms with Crippen LogP contribution in [0.25, 0.3) is 5.57 Å². The maximum absolute atomic E-state index is 11.3. The van der Waals surface area contributed by atoms with Gasteiger partial charge in [-0.3, -0.25) is 4.79 Å². The second-order valence-electron chi connectivity index (χ2n) is 8.84. The topological polar surface area (TPSA) is 52.7 Å². The largest absolute Gasteiger partial charge is 0.514 e. The fraction of sp³-hybridized carbons (Fsp3) is 0.360. The van der Waals surface area contributed by atoms with E-state index in [1.165, 1.54) is 18.1 Å². The molecule has 0 aliphatic carbocycles. The Morgan fingerprint density at radius 3 is 2.53 bits per heavy atom. The molecule has 1 aromatic heterocycles. The van der Waals surface area contributed by atoms with Crippen LogP contribution < -0.4 is 4.74 Å². The highest BCUT2D eigenvalue weighted by Gasteiger charge is 2.49. The molecular weight excluding hydrogens is 403 g/mol. The molecule has 0 N–H and O–H groups in total. The van der Waals surface area contributed by atoms with Gasteiger partial charge in [-0.1, -0.05) is 25.0 Å². The van der Waals surface area contributed by atoms with E-state index in [0.29, 0.717) is 12.4 Å². The van der Waals surface area contributed by atoms with Crippen molar-refractivity contribution >= 4 is 23.9 Å². The van der Waals surface area contributed by atoms with E-state index in [2.05, 4.69) is 55.6 Å². The maximum atomic E-state index is 11.3. The summed E-state index contributed by atoms with van der Waals surface area (Å²) in [5, 5.41) is 0. The molecule has 0 saturated carbocycles. The van der Waals surface area contributed by atoms with Crippen molar-refractivity contribution in [3.8, 4) is 5.75 Å². The summed E-state index contributed by atoms with van der Waals surface area (Å²) in [6.07, 6.45) is 2.21. The molecular formula is C25H31BN2O4. The van der Waals surface area contributed by atoms with E-state index < -0.39 is 6.62 Å². The quantitative estimate of drug-likeness (QED) is 0.498. The monoisotopic (exact) mass is 434 g/mol. The van der Waals surface area contributed by atoms with E-state index in [1.807, 2.05) is 24.3 Å². The molecule has 168 valence electrons. The summed E-state index contributed by atoms with van der Waals surface area (Å²) < 4.78 is 22.4. The van der Waals surface area contributed by atoms with Crippen LogP contribution in [0.3, 0.4) is 0 Å². The van der Waals surface area contributed by atoms with Gasteiger partial charge >= 0.3 is 12.6 Å². The standard InChI is InChI=1S/C25H31BN2O4/c1-16-12-18(3)27-24(16)22(25-17(2)13-19(4)28(25)26(27,6)30-7)15-32-23-11-9-8-10-21(23)14-31-20(5)29/h8-13H,14-15H2,1-7H3. The van der Waals surface area contributed by atoms with Gasteiger partial charge in [-0.15, -0.1) is 0 Å². The number of benzene rings is 1. The number of rotatable bonds is 6. The minimum absolute atomic E-state index is 0.189. The predicted molar refractivity (Wildman–Crippen MR) is 127 cm³/mol. The first kappa shape index (κ1) is 22.2. The summed E-state index contributed by atoms with van der Waals surface area (Å²) in [7, 11) is 1.78. The van der Waals surface area contributed by atoms with Crippen molar-refractivity contribution in [2.45, 2.75) is 48.0 Å². The lowest BCUT2D eigenvalue weighted by atomic mass is 9.63. The average Bonchev–Trinajstić information content (AvgIpc) is 3.22. The molecule has 1 atom stereocenters. The van der Waals surface area contributed by atoms with Crippen molar-refractivity contribution in [3.05, 3.63) is 70.2 Å². The van der Waals surface area contributed by atoms with Crippen LogP contribution in [0, 0.1) is 13.8 Å². The number of hydrogen-bond acceptors (Lipinski definition) is 4. The Morgan fingerprint density at radius 2 is 1.84 bits per heavy atom. The Labute approximate surface area is 189 Å². The Morgan fingerprint density at radius 1 is 1.12 bits per heavy atom. The van der Waals surface area contributed by atoms with E-state index in [0.717, 1.165) is 33.9 Å². The number of fused-ring (bicyclic) bond motifs is 2. The summed E-state index contributed by atoms with van der Waals surface area (Å²) in [4.78, 5) is 11.3. The normalized spacial score (nSPS) is 19.7. The SMILES string of the molecule is CO[B-]1(C)n2c(C)cc(C)c2C(COc2ccccc2COC(C)=O)=C2C(C)=CC(C)=[N+]21. The fourth-order valence-electron chi connectivity index (χ4n) is 5.31. The third-order valence-electron chi connectivity index (χ3n) is 6.59. The summed E-state index contributed by atoms with van der Waals surface area (Å²) in [5.74, 6) is 0.405. The summed E-state index contributed by atoms with van der Waals surface area (Å²) in [6.45, 7) is 11.2. The maximum Gasteiger partial charge on any atom is 0.512 e. The Kier molecular flexibility index (Phi) is 5.63. The first-order valence-corrected chi connectivity index (χ1v) is 11.0. The number of nitrogens with zero attached hydrogens (tertiary/aromatic N) is 2. The highest BCUT2D eigenvalue weighted by atomic mass is 16.5. The molecule has 3 heterocycles. The van der Waals surface area contributed by atoms with E-state index in [4.69, 9.17) is 14.1 Å². The lowest BCUT2D eigenvalue weighted by Crippen LogP contribution is -2.57. The van der Waals surface area contributed by atoms with Gasteiger partial charge in [0.15, 0.2) is 5.70 Å². The van der Waals surface area contributed by atoms with Gasteiger partial charge < -0.3 is 23.1 Å². The number of allylic oxidation sites excluding steroid dienone is 2. The minimum atomic E-state index is -1.49. The predicted octanol–water partition coefficient (Wildman–Crippen LogP) is 4.47. The number of carbonyl (C=O) groups is 1. The van der Waals surface area contributed by atoms with Gasteiger partial charge in [0.2, 0.25) is 0 Å².